The largest absolute Gasteiger partial charge is 0.343 e. The fourth-order valence-corrected chi connectivity index (χ4v) is 4.30. The normalized spacial score (nSPS) is 17.7. The monoisotopic (exact) mass is 456 g/mol. The van der Waals surface area contributed by atoms with Crippen LogP contribution in [0.4, 0.5) is 0 Å². The number of carbonyl (C=O) groups excluding carboxylic acids is 3. The van der Waals surface area contributed by atoms with Gasteiger partial charge in [-0.2, -0.15) is 5.26 Å². The van der Waals surface area contributed by atoms with Crippen LogP contribution >= 0.6 is 0 Å². The lowest BCUT2D eigenvalue weighted by Crippen LogP contribution is -2.43. The minimum absolute atomic E-state index is 0.179. The Balaban J connectivity index is 1.67. The lowest BCUT2D eigenvalue weighted by Gasteiger charge is -2.27. The summed E-state index contributed by atoms with van der Waals surface area (Å²) >= 11 is 0. The van der Waals surface area contributed by atoms with E-state index in [2.05, 4.69) is 11.4 Å². The zero-order chi connectivity index (χ0) is 24.7. The molecular formula is C27H28N4O3. The zero-order valence-corrected chi connectivity index (χ0v) is 19.4. The van der Waals surface area contributed by atoms with Crippen LogP contribution in [0.25, 0.3) is 0 Å². The standard InChI is InChI=1S/C27H28N4O3/c1-18-12-23(9-8-22(18)14-20(17-32)13-19(2)29)27(34)30-16-26(33)31-24(15-28)10-11-25(31)21-6-4-3-5-7-21/h3-9,12-13,17,24-25,29H,10-11,14,16H2,1-2H3,(H,30,34)/b20-13-,29-19?. The van der Waals surface area contributed by atoms with Crippen molar-refractivity contribution >= 4 is 23.8 Å². The number of aryl methyl sites for hydroxylation is 1. The molecule has 2 amide bonds. The van der Waals surface area contributed by atoms with E-state index in [1.165, 1.54) is 6.08 Å². The average Bonchev–Trinajstić information content (AvgIpc) is 3.27. The van der Waals surface area contributed by atoms with Gasteiger partial charge < -0.3 is 15.6 Å². The summed E-state index contributed by atoms with van der Waals surface area (Å²) in [6.07, 6.45) is 3.94. The Kier molecular flexibility index (Phi) is 8.10. The highest BCUT2D eigenvalue weighted by molar-refractivity contribution is 5.97. The third kappa shape index (κ3) is 5.84. The molecule has 7 nitrogen and oxygen atoms in total. The Bertz CT molecular complexity index is 1160. The van der Waals surface area contributed by atoms with E-state index in [1.54, 1.807) is 30.0 Å². The summed E-state index contributed by atoms with van der Waals surface area (Å²) in [7, 11) is 0. The van der Waals surface area contributed by atoms with Crippen LogP contribution in [0, 0.1) is 23.7 Å². The van der Waals surface area contributed by atoms with Crippen LogP contribution in [-0.2, 0) is 16.0 Å². The Labute approximate surface area is 199 Å². The van der Waals surface area contributed by atoms with Crippen molar-refractivity contribution < 1.29 is 14.4 Å². The molecule has 34 heavy (non-hydrogen) atoms. The summed E-state index contributed by atoms with van der Waals surface area (Å²) in [5, 5.41) is 19.7. The van der Waals surface area contributed by atoms with Crippen molar-refractivity contribution in [3.8, 4) is 6.07 Å². The van der Waals surface area contributed by atoms with Gasteiger partial charge in [-0.05, 0) is 67.2 Å². The molecule has 1 aliphatic heterocycles. The predicted octanol–water partition coefficient (Wildman–Crippen LogP) is 3.69. The number of hydrogen-bond donors (Lipinski definition) is 2. The Hall–Kier alpha value is -4.05. The Morgan fingerprint density at radius 3 is 2.56 bits per heavy atom. The molecule has 7 heteroatoms. The first-order chi connectivity index (χ1) is 16.3. The molecule has 0 spiro atoms. The molecule has 0 saturated carbocycles. The van der Waals surface area contributed by atoms with Gasteiger partial charge in [0.15, 0.2) is 0 Å². The molecule has 1 saturated heterocycles. The summed E-state index contributed by atoms with van der Waals surface area (Å²) < 4.78 is 0. The average molecular weight is 457 g/mol. The zero-order valence-electron chi connectivity index (χ0n) is 19.4. The van der Waals surface area contributed by atoms with Gasteiger partial charge >= 0.3 is 0 Å². The molecule has 2 N–H and O–H groups in total. The number of aldehydes is 1. The maximum Gasteiger partial charge on any atom is 0.251 e. The van der Waals surface area contributed by atoms with Crippen LogP contribution in [0.5, 0.6) is 0 Å². The number of allylic oxidation sites excluding steroid dienone is 2. The fraction of sp³-hybridized carbons (Fsp3) is 0.296. The van der Waals surface area contributed by atoms with E-state index >= 15 is 0 Å². The molecule has 2 aromatic rings. The lowest BCUT2D eigenvalue weighted by molar-refractivity contribution is -0.132. The molecule has 0 aliphatic carbocycles. The van der Waals surface area contributed by atoms with Gasteiger partial charge in [-0.1, -0.05) is 36.4 Å². The molecule has 1 fully saturated rings. The second-order valence-electron chi connectivity index (χ2n) is 8.47. The molecular weight excluding hydrogens is 428 g/mol. The molecule has 2 atom stereocenters. The molecule has 3 rings (SSSR count). The van der Waals surface area contributed by atoms with E-state index < -0.39 is 6.04 Å². The highest BCUT2D eigenvalue weighted by Gasteiger charge is 2.37. The van der Waals surface area contributed by atoms with E-state index in [0.29, 0.717) is 36.1 Å². The first-order valence-electron chi connectivity index (χ1n) is 11.2. The van der Waals surface area contributed by atoms with Crippen LogP contribution in [0.3, 0.4) is 0 Å². The third-order valence-electron chi connectivity index (χ3n) is 5.96. The van der Waals surface area contributed by atoms with E-state index in [-0.39, 0.29) is 24.4 Å². The van der Waals surface area contributed by atoms with Gasteiger partial charge in [-0.15, -0.1) is 0 Å². The first kappa shape index (κ1) is 24.6. The molecule has 2 aromatic carbocycles. The van der Waals surface area contributed by atoms with E-state index in [0.717, 1.165) is 23.0 Å². The van der Waals surface area contributed by atoms with Gasteiger partial charge in [0.2, 0.25) is 5.91 Å². The number of benzene rings is 2. The van der Waals surface area contributed by atoms with E-state index in [1.807, 2.05) is 37.3 Å². The Morgan fingerprint density at radius 2 is 1.94 bits per heavy atom. The van der Waals surface area contributed by atoms with Crippen molar-refractivity contribution in [2.45, 2.75) is 45.2 Å². The summed E-state index contributed by atoms with van der Waals surface area (Å²) in [5.74, 6) is -0.671. The van der Waals surface area contributed by atoms with Gasteiger partial charge in [0.25, 0.3) is 5.91 Å². The van der Waals surface area contributed by atoms with Crippen LogP contribution in [0.1, 0.15) is 52.9 Å². The third-order valence-corrected chi connectivity index (χ3v) is 5.96. The van der Waals surface area contributed by atoms with Gasteiger partial charge in [-0.25, -0.2) is 0 Å². The number of carbonyl (C=O) groups is 3. The van der Waals surface area contributed by atoms with Gasteiger partial charge in [0, 0.05) is 17.7 Å². The van der Waals surface area contributed by atoms with E-state index in [9.17, 15) is 19.6 Å². The SMILES string of the molecule is CC(=N)/C=C(\C=O)Cc1ccc(C(=O)NCC(=O)N2C(C#N)CCC2c2ccccc2)cc1C. The minimum atomic E-state index is -0.513. The van der Waals surface area contributed by atoms with Crippen LogP contribution in [-0.4, -0.2) is 41.3 Å². The van der Waals surface area contributed by atoms with Crippen molar-refractivity contribution in [2.24, 2.45) is 0 Å². The summed E-state index contributed by atoms with van der Waals surface area (Å²) in [6.45, 7) is 3.26. The van der Waals surface area contributed by atoms with Gasteiger partial charge in [-0.3, -0.25) is 14.4 Å². The Morgan fingerprint density at radius 1 is 1.21 bits per heavy atom. The fourth-order valence-electron chi connectivity index (χ4n) is 4.30. The smallest absolute Gasteiger partial charge is 0.251 e. The number of nitrogens with zero attached hydrogens (tertiary/aromatic N) is 2. The summed E-state index contributed by atoms with van der Waals surface area (Å²) in [6, 6.07) is 16.3. The number of hydrogen-bond acceptors (Lipinski definition) is 5. The second-order valence-corrected chi connectivity index (χ2v) is 8.47. The van der Waals surface area contributed by atoms with Crippen LogP contribution in [0.15, 0.2) is 60.2 Å². The number of nitriles is 1. The maximum atomic E-state index is 13.0. The predicted molar refractivity (Wildman–Crippen MR) is 129 cm³/mol. The number of rotatable bonds is 8. The van der Waals surface area contributed by atoms with Gasteiger partial charge in [0.1, 0.15) is 12.3 Å². The first-order valence-corrected chi connectivity index (χ1v) is 11.2. The second kappa shape index (κ2) is 11.2. The van der Waals surface area contributed by atoms with Gasteiger partial charge in [0.05, 0.1) is 18.7 Å². The molecule has 2 unspecified atom stereocenters. The van der Waals surface area contributed by atoms with E-state index in [4.69, 9.17) is 5.41 Å². The van der Waals surface area contributed by atoms with Crippen LogP contribution < -0.4 is 5.32 Å². The van der Waals surface area contributed by atoms with Crippen molar-refractivity contribution in [2.75, 3.05) is 6.54 Å². The highest BCUT2D eigenvalue weighted by Crippen LogP contribution is 2.35. The number of nitrogens with one attached hydrogen (secondary N) is 2. The molecule has 1 heterocycles. The molecule has 1 aliphatic rings. The molecule has 0 bridgehead atoms. The van der Waals surface area contributed by atoms with Crippen molar-refractivity contribution in [1.29, 1.82) is 10.7 Å². The molecule has 0 radical (unpaired) electrons. The van der Waals surface area contributed by atoms with Crippen molar-refractivity contribution in [1.82, 2.24) is 10.2 Å². The number of likely N-dealkylation sites (tertiary alicyclic amines) is 1. The summed E-state index contributed by atoms with van der Waals surface area (Å²) in [5.41, 5.74) is 3.89. The minimum Gasteiger partial charge on any atom is -0.343 e. The highest BCUT2D eigenvalue weighted by atomic mass is 16.2. The topological polar surface area (TPSA) is 114 Å². The lowest BCUT2D eigenvalue weighted by atomic mass is 9.98. The summed E-state index contributed by atoms with van der Waals surface area (Å²) in [4.78, 5) is 38.6. The quantitative estimate of drug-likeness (QED) is 0.358. The van der Waals surface area contributed by atoms with Crippen molar-refractivity contribution in [3.63, 3.8) is 0 Å². The van der Waals surface area contributed by atoms with Crippen LogP contribution in [0.2, 0.25) is 0 Å². The number of amides is 2. The molecule has 174 valence electrons. The molecule has 0 aromatic heterocycles. The maximum absolute atomic E-state index is 13.0. The van der Waals surface area contributed by atoms with Crippen molar-refractivity contribution in [3.05, 3.63) is 82.4 Å².